The van der Waals surface area contributed by atoms with Gasteiger partial charge < -0.3 is 15.3 Å². The maximum Gasteiger partial charge on any atom is 0.0793 e. The minimum atomic E-state index is -0.216. The van der Waals surface area contributed by atoms with Crippen molar-refractivity contribution in [3.05, 3.63) is 0 Å². The minimum absolute atomic E-state index is 0.216. The van der Waals surface area contributed by atoms with E-state index in [9.17, 15) is 5.11 Å². The molecule has 0 saturated carbocycles. The Morgan fingerprint density at radius 1 is 1.22 bits per heavy atom. The largest absolute Gasteiger partial charge is 0.390 e. The highest BCUT2D eigenvalue weighted by molar-refractivity contribution is 4.73. The van der Waals surface area contributed by atoms with E-state index in [1.54, 1.807) is 0 Å². The Kier molecular flexibility index (Phi) is 7.82. The first kappa shape index (κ1) is 15.9. The smallest absolute Gasteiger partial charge is 0.0793 e. The fourth-order valence-electron chi connectivity index (χ4n) is 2.45. The number of rotatable bonds is 8. The van der Waals surface area contributed by atoms with E-state index in [0.29, 0.717) is 0 Å². The second-order valence-corrected chi connectivity index (χ2v) is 5.57. The van der Waals surface area contributed by atoms with Crippen molar-refractivity contribution < 1.29 is 5.11 Å². The second-order valence-electron chi connectivity index (χ2n) is 5.57. The summed E-state index contributed by atoms with van der Waals surface area (Å²) in [6.45, 7) is 14.7. The molecule has 4 nitrogen and oxygen atoms in total. The highest BCUT2D eigenvalue weighted by Crippen LogP contribution is 2.05. The Bertz CT molecular complexity index is 207. The van der Waals surface area contributed by atoms with E-state index in [4.69, 9.17) is 0 Å². The fraction of sp³-hybridized carbons (Fsp3) is 1.00. The molecule has 1 heterocycles. The van der Waals surface area contributed by atoms with Crippen LogP contribution in [0.4, 0.5) is 0 Å². The SMILES string of the molecule is CCC(C)CN(CC)CC(O)CN1CCNCC1. The molecule has 108 valence electrons. The zero-order valence-electron chi connectivity index (χ0n) is 12.4. The van der Waals surface area contributed by atoms with E-state index in [0.717, 1.165) is 58.3 Å². The highest BCUT2D eigenvalue weighted by atomic mass is 16.3. The number of piperazine rings is 1. The third kappa shape index (κ3) is 6.14. The summed E-state index contributed by atoms with van der Waals surface area (Å²) in [5, 5.41) is 13.5. The standard InChI is InChI=1S/C14H31N3O/c1-4-13(3)10-16(5-2)11-14(18)12-17-8-6-15-7-9-17/h13-15,18H,4-12H2,1-3H3. The molecular formula is C14H31N3O. The van der Waals surface area contributed by atoms with Gasteiger partial charge in [0.25, 0.3) is 0 Å². The third-order valence-electron chi connectivity index (χ3n) is 3.86. The highest BCUT2D eigenvalue weighted by Gasteiger charge is 2.17. The van der Waals surface area contributed by atoms with E-state index in [-0.39, 0.29) is 6.10 Å². The van der Waals surface area contributed by atoms with Crippen LogP contribution in [0.15, 0.2) is 0 Å². The van der Waals surface area contributed by atoms with Gasteiger partial charge in [0.05, 0.1) is 6.10 Å². The zero-order valence-corrected chi connectivity index (χ0v) is 12.4. The molecule has 0 aromatic heterocycles. The van der Waals surface area contributed by atoms with Crippen LogP contribution in [-0.4, -0.2) is 73.4 Å². The van der Waals surface area contributed by atoms with Crippen LogP contribution in [0.2, 0.25) is 0 Å². The van der Waals surface area contributed by atoms with E-state index in [1.807, 2.05) is 0 Å². The molecule has 1 saturated heterocycles. The summed E-state index contributed by atoms with van der Waals surface area (Å²) in [5.41, 5.74) is 0. The van der Waals surface area contributed by atoms with Gasteiger partial charge in [0.2, 0.25) is 0 Å². The van der Waals surface area contributed by atoms with Crippen molar-refractivity contribution in [3.63, 3.8) is 0 Å². The quantitative estimate of drug-likeness (QED) is 0.669. The van der Waals surface area contributed by atoms with Gasteiger partial charge in [-0.15, -0.1) is 0 Å². The normalized spacial score (nSPS) is 21.2. The van der Waals surface area contributed by atoms with Crippen LogP contribution in [0.5, 0.6) is 0 Å². The molecule has 1 fully saturated rings. The minimum Gasteiger partial charge on any atom is -0.390 e. The molecule has 2 N–H and O–H groups in total. The summed E-state index contributed by atoms with van der Waals surface area (Å²) in [6, 6.07) is 0. The Morgan fingerprint density at radius 3 is 2.44 bits per heavy atom. The summed E-state index contributed by atoms with van der Waals surface area (Å²) in [4.78, 5) is 4.74. The topological polar surface area (TPSA) is 38.7 Å². The molecule has 2 atom stereocenters. The van der Waals surface area contributed by atoms with Gasteiger partial charge >= 0.3 is 0 Å². The maximum atomic E-state index is 10.2. The van der Waals surface area contributed by atoms with E-state index < -0.39 is 0 Å². The van der Waals surface area contributed by atoms with E-state index in [1.165, 1.54) is 6.42 Å². The van der Waals surface area contributed by atoms with Crippen molar-refractivity contribution in [2.75, 3.05) is 52.4 Å². The molecule has 1 aliphatic rings. The molecule has 0 aliphatic carbocycles. The summed E-state index contributed by atoms with van der Waals surface area (Å²) < 4.78 is 0. The third-order valence-corrected chi connectivity index (χ3v) is 3.86. The Balaban J connectivity index is 2.25. The summed E-state index contributed by atoms with van der Waals surface area (Å²) in [6.07, 6.45) is 0.997. The Hall–Kier alpha value is -0.160. The van der Waals surface area contributed by atoms with Gasteiger partial charge in [0, 0.05) is 45.8 Å². The number of nitrogens with one attached hydrogen (secondary N) is 1. The molecular weight excluding hydrogens is 226 g/mol. The monoisotopic (exact) mass is 257 g/mol. The van der Waals surface area contributed by atoms with Crippen LogP contribution in [0.3, 0.4) is 0 Å². The molecule has 0 radical (unpaired) electrons. The molecule has 0 spiro atoms. The molecule has 0 bridgehead atoms. The number of likely N-dealkylation sites (N-methyl/N-ethyl adjacent to an activating group) is 1. The van der Waals surface area contributed by atoms with Gasteiger partial charge in [-0.05, 0) is 12.5 Å². The van der Waals surface area contributed by atoms with Crippen LogP contribution in [0.1, 0.15) is 27.2 Å². The average Bonchev–Trinajstić information content (AvgIpc) is 2.38. The van der Waals surface area contributed by atoms with Gasteiger partial charge in [-0.3, -0.25) is 4.90 Å². The molecule has 0 aromatic rings. The number of nitrogens with zero attached hydrogens (tertiary/aromatic N) is 2. The van der Waals surface area contributed by atoms with Crippen molar-refractivity contribution in [2.24, 2.45) is 5.92 Å². The first-order chi connectivity index (χ1) is 8.65. The second kappa shape index (κ2) is 8.86. The zero-order chi connectivity index (χ0) is 13.4. The first-order valence-corrected chi connectivity index (χ1v) is 7.49. The Morgan fingerprint density at radius 2 is 1.89 bits per heavy atom. The molecule has 0 amide bonds. The van der Waals surface area contributed by atoms with Crippen molar-refractivity contribution in [1.29, 1.82) is 0 Å². The fourth-order valence-corrected chi connectivity index (χ4v) is 2.45. The van der Waals surface area contributed by atoms with Crippen LogP contribution in [0.25, 0.3) is 0 Å². The number of β-amino-alcohol motifs (C(OH)–C–C–N with tert-alkyl or cyclic N) is 1. The van der Waals surface area contributed by atoms with Gasteiger partial charge in [-0.1, -0.05) is 27.2 Å². The van der Waals surface area contributed by atoms with Gasteiger partial charge in [-0.2, -0.15) is 0 Å². The number of hydrogen-bond donors (Lipinski definition) is 2. The molecule has 0 aromatic carbocycles. The van der Waals surface area contributed by atoms with E-state index >= 15 is 0 Å². The predicted molar refractivity (Wildman–Crippen MR) is 76.9 cm³/mol. The summed E-state index contributed by atoms with van der Waals surface area (Å²) in [7, 11) is 0. The number of aliphatic hydroxyl groups is 1. The number of hydrogen-bond acceptors (Lipinski definition) is 4. The van der Waals surface area contributed by atoms with Gasteiger partial charge in [-0.25, -0.2) is 0 Å². The Labute approximate surface area is 112 Å². The van der Waals surface area contributed by atoms with Gasteiger partial charge in [0.15, 0.2) is 0 Å². The summed E-state index contributed by atoms with van der Waals surface area (Å²) >= 11 is 0. The van der Waals surface area contributed by atoms with Gasteiger partial charge in [0.1, 0.15) is 0 Å². The lowest BCUT2D eigenvalue weighted by Crippen LogP contribution is -2.48. The molecule has 4 heteroatoms. The lowest BCUT2D eigenvalue weighted by Gasteiger charge is -2.31. The van der Waals surface area contributed by atoms with E-state index in [2.05, 4.69) is 35.9 Å². The van der Waals surface area contributed by atoms with Crippen molar-refractivity contribution in [3.8, 4) is 0 Å². The number of aliphatic hydroxyl groups excluding tert-OH is 1. The molecule has 18 heavy (non-hydrogen) atoms. The van der Waals surface area contributed by atoms with Crippen LogP contribution in [0, 0.1) is 5.92 Å². The molecule has 1 aliphatic heterocycles. The van der Waals surface area contributed by atoms with Crippen molar-refractivity contribution >= 4 is 0 Å². The van der Waals surface area contributed by atoms with Crippen molar-refractivity contribution in [1.82, 2.24) is 15.1 Å². The van der Waals surface area contributed by atoms with Crippen LogP contribution >= 0.6 is 0 Å². The molecule has 1 rings (SSSR count). The lowest BCUT2D eigenvalue weighted by atomic mass is 10.1. The maximum absolute atomic E-state index is 10.2. The van der Waals surface area contributed by atoms with Crippen LogP contribution in [-0.2, 0) is 0 Å². The van der Waals surface area contributed by atoms with Crippen molar-refractivity contribution in [2.45, 2.75) is 33.3 Å². The first-order valence-electron chi connectivity index (χ1n) is 7.49. The lowest BCUT2D eigenvalue weighted by molar-refractivity contribution is 0.0665. The van der Waals surface area contributed by atoms with Crippen LogP contribution < -0.4 is 5.32 Å². The predicted octanol–water partition coefficient (Wildman–Crippen LogP) is 0.621. The average molecular weight is 257 g/mol. The molecule has 2 unspecified atom stereocenters. The summed E-state index contributed by atoms with van der Waals surface area (Å²) in [5.74, 6) is 0.719.